The Labute approximate surface area is 72.2 Å². The second kappa shape index (κ2) is 4.42. The Hall–Kier alpha value is -0.610. The Balaban J connectivity index is 4.26. The van der Waals surface area contributed by atoms with Crippen molar-refractivity contribution in [2.24, 2.45) is 5.41 Å². The Bertz CT molecular complexity index is 153. The molecule has 0 saturated heterocycles. The van der Waals surface area contributed by atoms with Crippen LogP contribution in [-0.2, 0) is 9.53 Å². The lowest BCUT2D eigenvalue weighted by Crippen LogP contribution is -2.38. The van der Waals surface area contributed by atoms with Crippen molar-refractivity contribution in [3.63, 3.8) is 0 Å². The summed E-state index contributed by atoms with van der Waals surface area (Å²) in [4.78, 5) is 11.1. The molecule has 0 radical (unpaired) electrons. The van der Waals surface area contributed by atoms with Crippen LogP contribution in [0.15, 0.2) is 0 Å². The van der Waals surface area contributed by atoms with E-state index in [-0.39, 0.29) is 13.0 Å². The number of carbonyl (C=O) groups excluding carboxylic acids is 1. The zero-order chi connectivity index (χ0) is 9.78. The van der Waals surface area contributed by atoms with Gasteiger partial charge in [0.15, 0.2) is 0 Å². The third-order valence-electron chi connectivity index (χ3n) is 1.95. The highest BCUT2D eigenvalue weighted by Gasteiger charge is 2.36. The summed E-state index contributed by atoms with van der Waals surface area (Å²) in [6, 6.07) is 0. The fourth-order valence-corrected chi connectivity index (χ4v) is 0.882. The molecule has 0 fully saturated rings. The lowest BCUT2D eigenvalue weighted by atomic mass is 9.85. The standard InChI is InChI=1S/C8H16O4/c1-8(2,7(11)12-3)6(10)4-5-9/h6,9-10H,4-5H2,1-3H3. The first-order chi connectivity index (χ1) is 5.46. The molecule has 0 spiro atoms. The van der Waals surface area contributed by atoms with Crippen molar-refractivity contribution >= 4 is 5.97 Å². The van der Waals surface area contributed by atoms with Crippen molar-refractivity contribution in [3.8, 4) is 0 Å². The van der Waals surface area contributed by atoms with Crippen LogP contribution in [0.1, 0.15) is 20.3 Å². The van der Waals surface area contributed by atoms with Gasteiger partial charge in [-0.3, -0.25) is 4.79 Å². The molecule has 0 aliphatic carbocycles. The Morgan fingerprint density at radius 3 is 2.42 bits per heavy atom. The summed E-state index contributed by atoms with van der Waals surface area (Å²) in [5, 5.41) is 18.0. The van der Waals surface area contributed by atoms with Crippen LogP contribution in [0.3, 0.4) is 0 Å². The molecule has 0 rings (SSSR count). The van der Waals surface area contributed by atoms with E-state index in [0.29, 0.717) is 0 Å². The SMILES string of the molecule is COC(=O)C(C)(C)C(O)CCO. The molecule has 0 aromatic rings. The van der Waals surface area contributed by atoms with Crippen LogP contribution < -0.4 is 0 Å². The highest BCUT2D eigenvalue weighted by molar-refractivity contribution is 5.76. The minimum Gasteiger partial charge on any atom is -0.469 e. The van der Waals surface area contributed by atoms with E-state index in [1.165, 1.54) is 7.11 Å². The molecule has 2 N–H and O–H groups in total. The fraction of sp³-hybridized carbons (Fsp3) is 0.875. The monoisotopic (exact) mass is 176 g/mol. The molecule has 0 aromatic carbocycles. The van der Waals surface area contributed by atoms with Crippen molar-refractivity contribution in [2.45, 2.75) is 26.4 Å². The van der Waals surface area contributed by atoms with Crippen molar-refractivity contribution in [3.05, 3.63) is 0 Å². The summed E-state index contributed by atoms with van der Waals surface area (Å²) >= 11 is 0. The van der Waals surface area contributed by atoms with Gasteiger partial charge in [-0.25, -0.2) is 0 Å². The van der Waals surface area contributed by atoms with E-state index in [0.717, 1.165) is 0 Å². The number of rotatable bonds is 4. The van der Waals surface area contributed by atoms with Crippen LogP contribution >= 0.6 is 0 Å². The van der Waals surface area contributed by atoms with Gasteiger partial charge in [-0.15, -0.1) is 0 Å². The van der Waals surface area contributed by atoms with Crippen LogP contribution in [0, 0.1) is 5.41 Å². The number of hydrogen-bond acceptors (Lipinski definition) is 4. The maximum Gasteiger partial charge on any atom is 0.313 e. The Morgan fingerprint density at radius 2 is 2.08 bits per heavy atom. The molecule has 0 aliphatic heterocycles. The third-order valence-corrected chi connectivity index (χ3v) is 1.95. The van der Waals surface area contributed by atoms with Crippen LogP contribution in [0.5, 0.6) is 0 Å². The smallest absolute Gasteiger partial charge is 0.313 e. The minimum atomic E-state index is -0.947. The number of ether oxygens (including phenoxy) is 1. The highest BCUT2D eigenvalue weighted by Crippen LogP contribution is 2.24. The van der Waals surface area contributed by atoms with Crippen LogP contribution in [0.4, 0.5) is 0 Å². The highest BCUT2D eigenvalue weighted by atomic mass is 16.5. The largest absolute Gasteiger partial charge is 0.469 e. The number of esters is 1. The first-order valence-electron chi connectivity index (χ1n) is 3.84. The van der Waals surface area contributed by atoms with E-state index in [1.807, 2.05) is 0 Å². The zero-order valence-electron chi connectivity index (χ0n) is 7.70. The van der Waals surface area contributed by atoms with Gasteiger partial charge in [0.2, 0.25) is 0 Å². The molecule has 0 bridgehead atoms. The molecule has 0 aromatic heterocycles. The Morgan fingerprint density at radius 1 is 1.58 bits per heavy atom. The van der Waals surface area contributed by atoms with Crippen molar-refractivity contribution in [1.82, 2.24) is 0 Å². The number of aliphatic hydroxyl groups is 2. The molecule has 0 saturated carbocycles. The fourth-order valence-electron chi connectivity index (χ4n) is 0.882. The molecule has 1 atom stereocenters. The second-order valence-electron chi connectivity index (χ2n) is 3.24. The number of methoxy groups -OCH3 is 1. The molecular formula is C8H16O4. The third kappa shape index (κ3) is 2.46. The van der Waals surface area contributed by atoms with E-state index in [9.17, 15) is 9.90 Å². The number of hydrogen-bond donors (Lipinski definition) is 2. The number of aliphatic hydroxyl groups excluding tert-OH is 2. The van der Waals surface area contributed by atoms with Gasteiger partial charge in [0, 0.05) is 6.61 Å². The summed E-state index contributed by atoms with van der Waals surface area (Å²) in [5.74, 6) is -0.469. The maximum atomic E-state index is 11.1. The summed E-state index contributed by atoms with van der Waals surface area (Å²) < 4.78 is 4.50. The van der Waals surface area contributed by atoms with Gasteiger partial charge in [0.05, 0.1) is 18.6 Å². The molecule has 0 heterocycles. The molecule has 0 aliphatic rings. The molecule has 1 unspecified atom stereocenters. The summed E-state index contributed by atoms with van der Waals surface area (Å²) in [6.07, 6.45) is -0.683. The quantitative estimate of drug-likeness (QED) is 0.588. The maximum absolute atomic E-state index is 11.1. The average Bonchev–Trinajstić information content (AvgIpc) is 2.03. The van der Waals surface area contributed by atoms with Crippen molar-refractivity contribution in [2.75, 3.05) is 13.7 Å². The summed E-state index contributed by atoms with van der Waals surface area (Å²) in [6.45, 7) is 3.03. The van der Waals surface area contributed by atoms with Crippen molar-refractivity contribution in [1.29, 1.82) is 0 Å². The molecule has 72 valence electrons. The first kappa shape index (κ1) is 11.4. The molecule has 4 heteroatoms. The molecule has 12 heavy (non-hydrogen) atoms. The van der Waals surface area contributed by atoms with Crippen LogP contribution in [-0.4, -0.2) is 36.0 Å². The topological polar surface area (TPSA) is 66.8 Å². The zero-order valence-corrected chi connectivity index (χ0v) is 7.70. The first-order valence-corrected chi connectivity index (χ1v) is 3.84. The molecule has 4 nitrogen and oxygen atoms in total. The van der Waals surface area contributed by atoms with Gasteiger partial charge in [-0.2, -0.15) is 0 Å². The van der Waals surface area contributed by atoms with Crippen molar-refractivity contribution < 1.29 is 19.7 Å². The van der Waals surface area contributed by atoms with Gasteiger partial charge in [-0.1, -0.05) is 0 Å². The van der Waals surface area contributed by atoms with Gasteiger partial charge in [-0.05, 0) is 20.3 Å². The van der Waals surface area contributed by atoms with Crippen LogP contribution in [0.25, 0.3) is 0 Å². The van der Waals surface area contributed by atoms with Gasteiger partial charge < -0.3 is 14.9 Å². The van der Waals surface area contributed by atoms with Gasteiger partial charge >= 0.3 is 5.97 Å². The van der Waals surface area contributed by atoms with E-state index in [2.05, 4.69) is 4.74 Å². The lowest BCUT2D eigenvalue weighted by molar-refractivity contribution is -0.157. The summed E-state index contributed by atoms with van der Waals surface area (Å²) in [7, 11) is 1.27. The average molecular weight is 176 g/mol. The predicted molar refractivity (Wildman–Crippen MR) is 43.5 cm³/mol. The van der Waals surface area contributed by atoms with E-state index < -0.39 is 17.5 Å². The normalized spacial score (nSPS) is 14.1. The molecular weight excluding hydrogens is 160 g/mol. The van der Waals surface area contributed by atoms with E-state index in [4.69, 9.17) is 5.11 Å². The van der Waals surface area contributed by atoms with Crippen LogP contribution in [0.2, 0.25) is 0 Å². The predicted octanol–water partition coefficient (Wildman–Crippen LogP) is -0.0711. The minimum absolute atomic E-state index is 0.137. The molecule has 0 amide bonds. The van der Waals surface area contributed by atoms with Gasteiger partial charge in [0.25, 0.3) is 0 Å². The van der Waals surface area contributed by atoms with E-state index >= 15 is 0 Å². The van der Waals surface area contributed by atoms with E-state index in [1.54, 1.807) is 13.8 Å². The summed E-state index contributed by atoms with van der Waals surface area (Å²) in [5.41, 5.74) is -0.947. The Kier molecular flexibility index (Phi) is 4.20. The lowest BCUT2D eigenvalue weighted by Gasteiger charge is -2.26. The van der Waals surface area contributed by atoms with Gasteiger partial charge in [0.1, 0.15) is 0 Å². The second-order valence-corrected chi connectivity index (χ2v) is 3.24. The number of carbonyl (C=O) groups is 1.